The molecule has 41 heavy (non-hydrogen) atoms. The topological polar surface area (TPSA) is 96.0 Å². The average molecular weight is 560 g/mol. The van der Waals surface area contributed by atoms with Crippen LogP contribution >= 0.6 is 0 Å². The van der Waals surface area contributed by atoms with Gasteiger partial charge >= 0.3 is 5.97 Å². The Balaban J connectivity index is 1.46. The van der Waals surface area contributed by atoms with Gasteiger partial charge in [0.05, 0.1) is 19.1 Å². The first-order chi connectivity index (χ1) is 19.9. The highest BCUT2D eigenvalue weighted by molar-refractivity contribution is 5.94. The minimum absolute atomic E-state index is 0.0568. The van der Waals surface area contributed by atoms with Gasteiger partial charge in [-0.3, -0.25) is 19.3 Å². The van der Waals surface area contributed by atoms with Crippen molar-refractivity contribution < 1.29 is 24.0 Å². The number of unbranched alkanes of at least 4 members (excludes halogenated alkanes) is 1. The number of rotatable bonds is 11. The number of amides is 1. The minimum atomic E-state index is -0.884. The van der Waals surface area contributed by atoms with Crippen LogP contribution in [0.4, 0.5) is 5.69 Å². The number of likely N-dealkylation sites (tertiary alicyclic amines) is 1. The molecule has 0 bridgehead atoms. The highest BCUT2D eigenvalue weighted by Gasteiger charge is 2.47. The molecule has 0 spiro atoms. The fraction of sp³-hybridized carbons (Fsp3) is 0.438. The average Bonchev–Trinajstić information content (AvgIpc) is 3.57. The number of anilines is 1. The van der Waals surface area contributed by atoms with Gasteiger partial charge in [-0.15, -0.1) is 0 Å². The number of benzene rings is 1. The molecule has 3 atom stereocenters. The second-order valence-electron chi connectivity index (χ2n) is 11.1. The molecule has 9 heteroatoms. The number of aliphatic carboxylic acids is 1. The summed E-state index contributed by atoms with van der Waals surface area (Å²) in [5.41, 5.74) is 2.75. The Kier molecular flexibility index (Phi) is 8.83. The SMILES string of the molecule is CCCCN(C(=O)CN1C[C@H](c2ccc3c(c2)CCO3)C(C(=O)O)[C@@H]1CCn1ccccc1=O)c1ccc[n+](C)c1. The van der Waals surface area contributed by atoms with Crippen molar-refractivity contribution in [2.75, 3.05) is 31.1 Å². The number of carbonyl (C=O) groups is 2. The predicted octanol–water partition coefficient (Wildman–Crippen LogP) is 3.00. The van der Waals surface area contributed by atoms with Gasteiger partial charge in [-0.25, -0.2) is 4.57 Å². The fourth-order valence-electron chi connectivity index (χ4n) is 6.25. The maximum absolute atomic E-state index is 13.9. The third-order valence-electron chi connectivity index (χ3n) is 8.35. The van der Waals surface area contributed by atoms with Gasteiger partial charge in [-0.1, -0.05) is 31.5 Å². The van der Waals surface area contributed by atoms with E-state index in [0.717, 1.165) is 41.8 Å². The van der Waals surface area contributed by atoms with Gasteiger partial charge in [0.15, 0.2) is 12.4 Å². The molecule has 1 unspecified atom stereocenters. The number of hydrogen-bond acceptors (Lipinski definition) is 5. The second-order valence-corrected chi connectivity index (χ2v) is 11.1. The molecule has 1 aromatic carbocycles. The van der Waals surface area contributed by atoms with Crippen LogP contribution in [0.5, 0.6) is 5.75 Å². The van der Waals surface area contributed by atoms with Crippen LogP contribution in [-0.4, -0.2) is 58.7 Å². The van der Waals surface area contributed by atoms with Crippen LogP contribution in [0.2, 0.25) is 0 Å². The Hall–Kier alpha value is -3.98. The van der Waals surface area contributed by atoms with E-state index in [1.807, 2.05) is 58.1 Å². The summed E-state index contributed by atoms with van der Waals surface area (Å²) in [5, 5.41) is 10.5. The van der Waals surface area contributed by atoms with E-state index in [1.165, 1.54) is 6.07 Å². The fourth-order valence-corrected chi connectivity index (χ4v) is 6.25. The molecular formula is C32H39N4O5+. The summed E-state index contributed by atoms with van der Waals surface area (Å²) in [7, 11) is 1.93. The highest BCUT2D eigenvalue weighted by atomic mass is 16.5. The molecule has 1 N–H and O–H groups in total. The van der Waals surface area contributed by atoms with Crippen molar-refractivity contribution in [3.05, 3.63) is 88.6 Å². The Morgan fingerprint density at radius 1 is 1.17 bits per heavy atom. The lowest BCUT2D eigenvalue weighted by Crippen LogP contribution is -2.45. The van der Waals surface area contributed by atoms with Crippen LogP contribution in [-0.2, 0) is 29.6 Å². The molecule has 1 fully saturated rings. The minimum Gasteiger partial charge on any atom is -0.493 e. The Morgan fingerprint density at radius 2 is 2.02 bits per heavy atom. The molecule has 9 nitrogen and oxygen atoms in total. The first kappa shape index (κ1) is 28.5. The van der Waals surface area contributed by atoms with E-state index in [1.54, 1.807) is 22.9 Å². The van der Waals surface area contributed by atoms with Gasteiger partial charge in [0, 0.05) is 56.3 Å². The van der Waals surface area contributed by atoms with Crippen molar-refractivity contribution >= 4 is 17.6 Å². The lowest BCUT2D eigenvalue weighted by atomic mass is 9.83. The lowest BCUT2D eigenvalue weighted by Gasteiger charge is -2.29. The third kappa shape index (κ3) is 6.35. The molecular weight excluding hydrogens is 520 g/mol. The first-order valence-electron chi connectivity index (χ1n) is 14.5. The standard InChI is InChI=1S/C32H38N4O5/c1-3-4-16-36(25-8-7-14-33(2)20-25)30(38)22-35-21-26(23-10-11-28-24(19-23)13-18-41-28)31(32(39)40)27(35)12-17-34-15-6-5-9-29(34)37/h5-11,14-15,19-20,26-27,31H,3-4,12-13,16-18,21-22H2,1-2H3/p+1/t26-,27+,31?/m1/s1. The quantitative estimate of drug-likeness (QED) is 0.363. The van der Waals surface area contributed by atoms with Crippen molar-refractivity contribution in [3.8, 4) is 5.75 Å². The third-order valence-corrected chi connectivity index (χ3v) is 8.35. The summed E-state index contributed by atoms with van der Waals surface area (Å²) in [6, 6.07) is 14.4. The van der Waals surface area contributed by atoms with E-state index < -0.39 is 17.9 Å². The largest absolute Gasteiger partial charge is 0.493 e. The van der Waals surface area contributed by atoms with Gasteiger partial charge in [0.2, 0.25) is 11.5 Å². The molecule has 1 amide bonds. The zero-order valence-corrected chi connectivity index (χ0v) is 23.8. The molecule has 4 heterocycles. The van der Waals surface area contributed by atoms with Crippen LogP contribution in [0, 0.1) is 5.92 Å². The normalized spacial score (nSPS) is 20.0. The molecule has 0 saturated carbocycles. The van der Waals surface area contributed by atoms with Crippen LogP contribution in [0.15, 0.2) is 71.9 Å². The summed E-state index contributed by atoms with van der Waals surface area (Å²) >= 11 is 0. The van der Waals surface area contributed by atoms with Gasteiger partial charge in [0.25, 0.3) is 0 Å². The molecule has 2 aliphatic rings. The molecule has 3 aromatic rings. The number of fused-ring (bicyclic) bond motifs is 1. The van der Waals surface area contributed by atoms with Crippen molar-refractivity contribution in [1.29, 1.82) is 0 Å². The summed E-state index contributed by atoms with van der Waals surface area (Å²) < 4.78 is 9.21. The number of pyridine rings is 2. The number of carbonyl (C=O) groups excluding carboxylic acids is 1. The van der Waals surface area contributed by atoms with E-state index >= 15 is 0 Å². The first-order valence-corrected chi connectivity index (χ1v) is 14.5. The van der Waals surface area contributed by atoms with Crippen LogP contribution in [0.1, 0.15) is 43.2 Å². The van der Waals surface area contributed by atoms with Crippen molar-refractivity contribution in [3.63, 3.8) is 0 Å². The zero-order valence-electron chi connectivity index (χ0n) is 23.8. The number of aryl methyl sites for hydroxylation is 2. The molecule has 5 rings (SSSR count). The smallest absolute Gasteiger partial charge is 0.308 e. The lowest BCUT2D eigenvalue weighted by molar-refractivity contribution is -0.670. The molecule has 2 aliphatic heterocycles. The summed E-state index contributed by atoms with van der Waals surface area (Å²) in [6.45, 7) is 4.24. The van der Waals surface area contributed by atoms with Gasteiger partial charge in [-0.2, -0.15) is 0 Å². The number of carboxylic acids is 1. The van der Waals surface area contributed by atoms with Crippen molar-refractivity contribution in [2.24, 2.45) is 13.0 Å². The van der Waals surface area contributed by atoms with E-state index in [-0.39, 0.29) is 23.9 Å². The monoisotopic (exact) mass is 559 g/mol. The Bertz CT molecular complexity index is 1450. The van der Waals surface area contributed by atoms with Crippen LogP contribution in [0.25, 0.3) is 0 Å². The maximum Gasteiger partial charge on any atom is 0.308 e. The van der Waals surface area contributed by atoms with E-state index in [9.17, 15) is 19.5 Å². The molecule has 0 radical (unpaired) electrons. The Morgan fingerprint density at radius 3 is 2.78 bits per heavy atom. The van der Waals surface area contributed by atoms with Crippen molar-refractivity contribution in [2.45, 2.75) is 51.1 Å². The number of carboxylic acid groups (broad SMARTS) is 1. The van der Waals surface area contributed by atoms with Gasteiger partial charge in [0.1, 0.15) is 18.5 Å². The molecule has 1 saturated heterocycles. The second kappa shape index (κ2) is 12.7. The van der Waals surface area contributed by atoms with Gasteiger partial charge < -0.3 is 19.3 Å². The number of aromatic nitrogens is 2. The highest BCUT2D eigenvalue weighted by Crippen LogP contribution is 2.41. The predicted molar refractivity (Wildman–Crippen MR) is 155 cm³/mol. The van der Waals surface area contributed by atoms with Crippen LogP contribution < -0.4 is 19.8 Å². The summed E-state index contributed by atoms with van der Waals surface area (Å²) in [5.74, 6) is -1.10. The molecule has 2 aromatic heterocycles. The van der Waals surface area contributed by atoms with E-state index in [4.69, 9.17) is 4.74 Å². The number of ether oxygens (including phenoxy) is 1. The Labute approximate surface area is 240 Å². The van der Waals surface area contributed by atoms with Gasteiger partial charge in [-0.05, 0) is 42.2 Å². The molecule has 0 aliphatic carbocycles. The van der Waals surface area contributed by atoms with Crippen molar-refractivity contribution in [1.82, 2.24) is 9.47 Å². The molecule has 216 valence electrons. The number of hydrogen-bond donors (Lipinski definition) is 1. The van der Waals surface area contributed by atoms with E-state index in [0.29, 0.717) is 32.7 Å². The summed E-state index contributed by atoms with van der Waals surface area (Å²) in [4.78, 5) is 43.1. The zero-order chi connectivity index (χ0) is 28.9. The maximum atomic E-state index is 13.9. The number of nitrogens with zero attached hydrogens (tertiary/aromatic N) is 4. The summed E-state index contributed by atoms with van der Waals surface area (Å²) in [6.07, 6.45) is 8.64. The van der Waals surface area contributed by atoms with E-state index in [2.05, 4.69) is 13.0 Å². The van der Waals surface area contributed by atoms with Crippen LogP contribution in [0.3, 0.4) is 0 Å².